The van der Waals surface area contributed by atoms with Gasteiger partial charge >= 0.3 is 0 Å². The summed E-state index contributed by atoms with van der Waals surface area (Å²) in [4.78, 5) is 14.5. The molecule has 1 saturated carbocycles. The van der Waals surface area contributed by atoms with E-state index >= 15 is 0 Å². The maximum Gasteiger partial charge on any atom is 0.240 e. The summed E-state index contributed by atoms with van der Waals surface area (Å²) in [5, 5.41) is 3.03. The smallest absolute Gasteiger partial charge is 0.240 e. The lowest BCUT2D eigenvalue weighted by molar-refractivity contribution is -0.126. The van der Waals surface area contributed by atoms with Crippen molar-refractivity contribution < 1.29 is 4.79 Å². The Bertz CT molecular complexity index is 293. The summed E-state index contributed by atoms with van der Waals surface area (Å²) in [6, 6.07) is 0. The standard InChI is InChI=1S/C14H27N3O/c1-11(10-17-7-3-4-8-17)9-16-13(18)14(2,15)12-5-6-12/h11-12H,3-10,15H2,1-2H3,(H,16,18). The molecule has 0 aromatic rings. The zero-order chi connectivity index (χ0) is 13.2. The van der Waals surface area contributed by atoms with Crippen LogP contribution in [0.3, 0.4) is 0 Å². The molecule has 18 heavy (non-hydrogen) atoms. The van der Waals surface area contributed by atoms with E-state index in [4.69, 9.17) is 5.73 Å². The van der Waals surface area contributed by atoms with Crippen LogP contribution in [0, 0.1) is 11.8 Å². The van der Waals surface area contributed by atoms with Crippen molar-refractivity contribution in [1.29, 1.82) is 0 Å². The molecule has 2 aliphatic rings. The summed E-state index contributed by atoms with van der Waals surface area (Å²) < 4.78 is 0. The monoisotopic (exact) mass is 253 g/mol. The highest BCUT2D eigenvalue weighted by Crippen LogP contribution is 2.38. The molecule has 2 atom stereocenters. The molecule has 1 aliphatic heterocycles. The predicted octanol–water partition coefficient (Wildman–Crippen LogP) is 0.962. The predicted molar refractivity (Wildman–Crippen MR) is 73.2 cm³/mol. The number of hydrogen-bond donors (Lipinski definition) is 2. The molecule has 1 heterocycles. The summed E-state index contributed by atoms with van der Waals surface area (Å²) in [7, 11) is 0. The van der Waals surface area contributed by atoms with E-state index in [1.54, 1.807) is 0 Å². The minimum Gasteiger partial charge on any atom is -0.354 e. The van der Waals surface area contributed by atoms with Crippen LogP contribution in [0.25, 0.3) is 0 Å². The average molecular weight is 253 g/mol. The number of nitrogens with two attached hydrogens (primary N) is 1. The van der Waals surface area contributed by atoms with Crippen LogP contribution in [0.15, 0.2) is 0 Å². The Hall–Kier alpha value is -0.610. The number of carbonyl (C=O) groups is 1. The highest BCUT2D eigenvalue weighted by atomic mass is 16.2. The lowest BCUT2D eigenvalue weighted by Gasteiger charge is -2.25. The Labute approximate surface area is 110 Å². The van der Waals surface area contributed by atoms with E-state index in [2.05, 4.69) is 17.1 Å². The highest BCUT2D eigenvalue weighted by molar-refractivity contribution is 5.86. The molecule has 1 saturated heterocycles. The quantitative estimate of drug-likeness (QED) is 0.741. The van der Waals surface area contributed by atoms with Gasteiger partial charge in [-0.05, 0) is 57.5 Å². The first-order chi connectivity index (χ1) is 8.50. The third-order valence-corrected chi connectivity index (χ3v) is 4.29. The first-order valence-corrected chi connectivity index (χ1v) is 7.29. The summed E-state index contributed by atoms with van der Waals surface area (Å²) >= 11 is 0. The number of amides is 1. The molecule has 2 unspecified atom stereocenters. The van der Waals surface area contributed by atoms with E-state index in [0.29, 0.717) is 11.8 Å². The minimum absolute atomic E-state index is 0.0262. The van der Waals surface area contributed by atoms with E-state index in [0.717, 1.165) is 25.9 Å². The molecule has 2 rings (SSSR count). The molecular formula is C14H27N3O. The molecule has 1 aliphatic carbocycles. The van der Waals surface area contributed by atoms with Gasteiger partial charge in [0, 0.05) is 13.1 Å². The van der Waals surface area contributed by atoms with Gasteiger partial charge in [-0.1, -0.05) is 6.92 Å². The molecule has 4 heteroatoms. The van der Waals surface area contributed by atoms with Gasteiger partial charge in [0.25, 0.3) is 0 Å². The molecule has 2 fully saturated rings. The summed E-state index contributed by atoms with van der Waals surface area (Å²) in [6.45, 7) is 8.33. The second kappa shape index (κ2) is 5.57. The molecule has 0 bridgehead atoms. The fourth-order valence-electron chi connectivity index (χ4n) is 2.80. The van der Waals surface area contributed by atoms with Crippen molar-refractivity contribution in [3.8, 4) is 0 Å². The molecule has 0 aromatic carbocycles. The lowest BCUT2D eigenvalue weighted by Crippen LogP contribution is -2.54. The normalized spacial score (nSPS) is 25.7. The van der Waals surface area contributed by atoms with Gasteiger partial charge in [-0.15, -0.1) is 0 Å². The summed E-state index contributed by atoms with van der Waals surface area (Å²) in [5.74, 6) is 0.923. The van der Waals surface area contributed by atoms with Crippen molar-refractivity contribution in [1.82, 2.24) is 10.2 Å². The summed E-state index contributed by atoms with van der Waals surface area (Å²) in [5.41, 5.74) is 5.43. The molecule has 0 spiro atoms. The van der Waals surface area contributed by atoms with Gasteiger partial charge in [-0.2, -0.15) is 0 Å². The second-order valence-corrected chi connectivity index (χ2v) is 6.38. The van der Waals surface area contributed by atoms with Gasteiger partial charge in [0.05, 0.1) is 5.54 Å². The fraction of sp³-hybridized carbons (Fsp3) is 0.929. The van der Waals surface area contributed by atoms with E-state index in [1.807, 2.05) is 6.92 Å². The Balaban J connectivity index is 1.68. The van der Waals surface area contributed by atoms with Crippen LogP contribution in [0.5, 0.6) is 0 Å². The van der Waals surface area contributed by atoms with Crippen molar-refractivity contribution in [2.24, 2.45) is 17.6 Å². The minimum atomic E-state index is -0.659. The zero-order valence-corrected chi connectivity index (χ0v) is 11.7. The fourth-order valence-corrected chi connectivity index (χ4v) is 2.80. The van der Waals surface area contributed by atoms with Gasteiger partial charge < -0.3 is 16.0 Å². The Morgan fingerprint density at radius 1 is 1.44 bits per heavy atom. The van der Waals surface area contributed by atoms with Gasteiger partial charge in [0.15, 0.2) is 0 Å². The molecule has 3 N–H and O–H groups in total. The van der Waals surface area contributed by atoms with Crippen molar-refractivity contribution in [3.63, 3.8) is 0 Å². The molecule has 0 aromatic heterocycles. The van der Waals surface area contributed by atoms with Crippen molar-refractivity contribution in [3.05, 3.63) is 0 Å². The number of hydrogen-bond acceptors (Lipinski definition) is 3. The zero-order valence-electron chi connectivity index (χ0n) is 11.7. The van der Waals surface area contributed by atoms with Gasteiger partial charge in [-0.25, -0.2) is 0 Å². The van der Waals surface area contributed by atoms with Crippen molar-refractivity contribution in [2.45, 2.75) is 45.1 Å². The number of nitrogens with zero attached hydrogens (tertiary/aromatic N) is 1. The number of likely N-dealkylation sites (tertiary alicyclic amines) is 1. The maximum atomic E-state index is 12.0. The maximum absolute atomic E-state index is 12.0. The van der Waals surface area contributed by atoms with Crippen LogP contribution in [-0.4, -0.2) is 42.5 Å². The van der Waals surface area contributed by atoms with Crippen LogP contribution < -0.4 is 11.1 Å². The third kappa shape index (κ3) is 3.45. The van der Waals surface area contributed by atoms with Crippen LogP contribution in [0.1, 0.15) is 39.5 Å². The molecular weight excluding hydrogens is 226 g/mol. The van der Waals surface area contributed by atoms with Crippen LogP contribution >= 0.6 is 0 Å². The number of rotatable bonds is 6. The Morgan fingerprint density at radius 3 is 2.61 bits per heavy atom. The molecule has 4 nitrogen and oxygen atoms in total. The highest BCUT2D eigenvalue weighted by Gasteiger charge is 2.43. The van der Waals surface area contributed by atoms with Gasteiger partial charge in [0.1, 0.15) is 0 Å². The number of carbonyl (C=O) groups excluding carboxylic acids is 1. The first kappa shape index (κ1) is 13.8. The lowest BCUT2D eigenvalue weighted by atomic mass is 9.96. The average Bonchev–Trinajstić information content (AvgIpc) is 3.07. The Kier molecular flexibility index (Phi) is 4.28. The van der Waals surface area contributed by atoms with Crippen LogP contribution in [0.2, 0.25) is 0 Å². The topological polar surface area (TPSA) is 58.4 Å². The van der Waals surface area contributed by atoms with E-state index in [-0.39, 0.29) is 5.91 Å². The molecule has 1 amide bonds. The van der Waals surface area contributed by atoms with E-state index < -0.39 is 5.54 Å². The Morgan fingerprint density at radius 2 is 2.06 bits per heavy atom. The van der Waals surface area contributed by atoms with Crippen molar-refractivity contribution in [2.75, 3.05) is 26.2 Å². The van der Waals surface area contributed by atoms with Gasteiger partial charge in [0.2, 0.25) is 5.91 Å². The second-order valence-electron chi connectivity index (χ2n) is 6.38. The molecule has 104 valence electrons. The van der Waals surface area contributed by atoms with Crippen molar-refractivity contribution >= 4 is 5.91 Å². The SMILES string of the molecule is CC(CNC(=O)C(C)(N)C1CC1)CN1CCCC1. The van der Waals surface area contributed by atoms with E-state index in [9.17, 15) is 4.79 Å². The largest absolute Gasteiger partial charge is 0.354 e. The summed E-state index contributed by atoms with van der Waals surface area (Å²) in [6.07, 6.45) is 4.84. The number of nitrogens with one attached hydrogen (secondary N) is 1. The molecule has 0 radical (unpaired) electrons. The van der Waals surface area contributed by atoms with E-state index in [1.165, 1.54) is 25.9 Å². The van der Waals surface area contributed by atoms with Crippen LogP contribution in [-0.2, 0) is 4.79 Å². The van der Waals surface area contributed by atoms with Gasteiger partial charge in [-0.3, -0.25) is 4.79 Å². The van der Waals surface area contributed by atoms with Crippen LogP contribution in [0.4, 0.5) is 0 Å². The third-order valence-electron chi connectivity index (χ3n) is 4.29. The first-order valence-electron chi connectivity index (χ1n) is 7.29.